The fraction of sp³-hybridized carbons (Fsp3) is 0.571. The number of benzene rings is 1. The Kier molecular flexibility index (Phi) is 3.76. The summed E-state index contributed by atoms with van der Waals surface area (Å²) in [7, 11) is 0. The molecular formula is C14H18F3NO. The lowest BCUT2D eigenvalue weighted by Gasteiger charge is -2.25. The van der Waals surface area contributed by atoms with Crippen molar-refractivity contribution in [3.05, 3.63) is 29.8 Å². The summed E-state index contributed by atoms with van der Waals surface area (Å²) in [6.45, 7) is 4.21. The lowest BCUT2D eigenvalue weighted by molar-refractivity contribution is -0.167. The number of hydrogen-bond donors (Lipinski definition) is 1. The van der Waals surface area contributed by atoms with Gasteiger partial charge in [-0.15, -0.1) is 0 Å². The van der Waals surface area contributed by atoms with Gasteiger partial charge in [-0.3, -0.25) is 5.32 Å². The lowest BCUT2D eigenvalue weighted by atomic mass is 10.1. The molecule has 0 saturated heterocycles. The molecule has 106 valence electrons. The van der Waals surface area contributed by atoms with Gasteiger partial charge in [0.05, 0.1) is 6.61 Å². The molecule has 1 saturated carbocycles. The molecule has 19 heavy (non-hydrogen) atoms. The molecule has 1 N–H and O–H groups in total. The molecule has 1 unspecified atom stereocenters. The van der Waals surface area contributed by atoms with Crippen LogP contribution in [-0.4, -0.2) is 18.3 Å². The van der Waals surface area contributed by atoms with Gasteiger partial charge in [0, 0.05) is 6.04 Å². The molecule has 1 aliphatic rings. The molecule has 1 atom stereocenters. The molecule has 0 amide bonds. The summed E-state index contributed by atoms with van der Waals surface area (Å²) in [4.78, 5) is 0. The van der Waals surface area contributed by atoms with Crippen molar-refractivity contribution in [3.63, 3.8) is 0 Å². The smallest absolute Gasteiger partial charge is 0.406 e. The predicted octanol–water partition coefficient (Wildman–Crippen LogP) is 3.83. The molecule has 0 radical (unpaired) electrons. The van der Waals surface area contributed by atoms with Gasteiger partial charge in [-0.2, -0.15) is 13.2 Å². The molecule has 0 aromatic heterocycles. The monoisotopic (exact) mass is 273 g/mol. The summed E-state index contributed by atoms with van der Waals surface area (Å²) >= 11 is 0. The molecule has 0 aliphatic heterocycles. The second-order valence-electron chi connectivity index (χ2n) is 4.95. The molecule has 2 rings (SSSR count). The van der Waals surface area contributed by atoms with Crippen LogP contribution in [0.15, 0.2) is 24.3 Å². The minimum absolute atomic E-state index is 0.165. The van der Waals surface area contributed by atoms with Gasteiger partial charge in [0.25, 0.3) is 0 Å². The average Bonchev–Trinajstić information content (AvgIpc) is 3.10. The van der Waals surface area contributed by atoms with Crippen molar-refractivity contribution in [2.75, 3.05) is 6.61 Å². The Morgan fingerprint density at radius 3 is 2.26 bits per heavy atom. The van der Waals surface area contributed by atoms with Crippen LogP contribution in [0.25, 0.3) is 0 Å². The molecule has 0 bridgehead atoms. The van der Waals surface area contributed by atoms with Crippen molar-refractivity contribution in [1.82, 2.24) is 5.32 Å². The van der Waals surface area contributed by atoms with Crippen LogP contribution in [0.2, 0.25) is 0 Å². The molecule has 1 aromatic carbocycles. The first-order valence-corrected chi connectivity index (χ1v) is 6.45. The summed E-state index contributed by atoms with van der Waals surface area (Å²) in [5.41, 5.74) is -0.843. The van der Waals surface area contributed by atoms with E-state index >= 15 is 0 Å². The number of rotatable bonds is 5. The minimum atomic E-state index is -4.17. The summed E-state index contributed by atoms with van der Waals surface area (Å²) in [6.07, 6.45) is -3.84. The van der Waals surface area contributed by atoms with E-state index in [2.05, 4.69) is 5.32 Å². The summed E-state index contributed by atoms with van der Waals surface area (Å²) in [6, 6.07) is 6.83. The van der Waals surface area contributed by atoms with Crippen LogP contribution in [-0.2, 0) is 0 Å². The Bertz CT molecular complexity index is 423. The highest BCUT2D eigenvalue weighted by Crippen LogP contribution is 2.50. The Morgan fingerprint density at radius 1 is 1.26 bits per heavy atom. The molecule has 1 aliphatic carbocycles. The standard InChI is InChI=1S/C14H18F3NO/c1-3-19-12-6-4-11(5-7-12)10(2)18-13(8-9-13)14(15,16)17/h4-7,10,18H,3,8-9H2,1-2H3. The molecule has 1 aromatic rings. The van der Waals surface area contributed by atoms with Crippen molar-refractivity contribution in [1.29, 1.82) is 0 Å². The maximum atomic E-state index is 12.9. The van der Waals surface area contributed by atoms with Crippen LogP contribution in [0.3, 0.4) is 0 Å². The Hall–Kier alpha value is -1.23. The summed E-state index contributed by atoms with van der Waals surface area (Å²) < 4.78 is 43.9. The van der Waals surface area contributed by atoms with Crippen LogP contribution < -0.4 is 10.1 Å². The zero-order chi connectivity index (χ0) is 14.1. The SMILES string of the molecule is CCOc1ccc(C(C)NC2(C(F)(F)F)CC2)cc1. The van der Waals surface area contributed by atoms with E-state index in [9.17, 15) is 13.2 Å². The topological polar surface area (TPSA) is 21.3 Å². The second kappa shape index (κ2) is 5.04. The van der Waals surface area contributed by atoms with Crippen molar-refractivity contribution in [2.24, 2.45) is 0 Å². The number of nitrogens with one attached hydrogen (secondary N) is 1. The number of alkyl halides is 3. The largest absolute Gasteiger partial charge is 0.494 e. The summed E-state index contributed by atoms with van der Waals surface area (Å²) in [5.74, 6) is 0.732. The molecular weight excluding hydrogens is 255 g/mol. The highest BCUT2D eigenvalue weighted by molar-refractivity contribution is 5.29. The Morgan fingerprint density at radius 2 is 1.84 bits per heavy atom. The van der Waals surface area contributed by atoms with Gasteiger partial charge in [0.2, 0.25) is 0 Å². The van der Waals surface area contributed by atoms with E-state index in [4.69, 9.17) is 4.74 Å². The fourth-order valence-electron chi connectivity index (χ4n) is 2.15. The fourth-order valence-corrected chi connectivity index (χ4v) is 2.15. The van der Waals surface area contributed by atoms with Crippen molar-refractivity contribution >= 4 is 0 Å². The third-order valence-electron chi connectivity index (χ3n) is 3.48. The molecule has 0 heterocycles. The van der Waals surface area contributed by atoms with E-state index in [0.29, 0.717) is 6.61 Å². The van der Waals surface area contributed by atoms with E-state index in [0.717, 1.165) is 11.3 Å². The molecule has 0 spiro atoms. The van der Waals surface area contributed by atoms with E-state index < -0.39 is 11.7 Å². The first-order chi connectivity index (χ1) is 8.88. The van der Waals surface area contributed by atoms with Gasteiger partial charge < -0.3 is 4.74 Å². The van der Waals surface area contributed by atoms with Gasteiger partial charge in [-0.1, -0.05) is 12.1 Å². The van der Waals surface area contributed by atoms with E-state index in [-0.39, 0.29) is 18.9 Å². The van der Waals surface area contributed by atoms with Crippen LogP contribution in [0.1, 0.15) is 38.3 Å². The van der Waals surface area contributed by atoms with Gasteiger partial charge >= 0.3 is 6.18 Å². The quantitative estimate of drug-likeness (QED) is 0.880. The zero-order valence-corrected chi connectivity index (χ0v) is 11.1. The second-order valence-corrected chi connectivity index (χ2v) is 4.95. The maximum Gasteiger partial charge on any atom is 0.406 e. The van der Waals surface area contributed by atoms with E-state index in [1.807, 2.05) is 6.92 Å². The third-order valence-corrected chi connectivity index (χ3v) is 3.48. The molecule has 2 nitrogen and oxygen atoms in total. The number of halogens is 3. The average molecular weight is 273 g/mol. The van der Waals surface area contributed by atoms with Crippen molar-refractivity contribution < 1.29 is 17.9 Å². The van der Waals surface area contributed by atoms with Gasteiger partial charge in [-0.25, -0.2) is 0 Å². The van der Waals surface area contributed by atoms with Gasteiger partial charge in [0.15, 0.2) is 0 Å². The highest BCUT2D eigenvalue weighted by Gasteiger charge is 2.63. The van der Waals surface area contributed by atoms with Crippen LogP contribution in [0.5, 0.6) is 5.75 Å². The van der Waals surface area contributed by atoms with Crippen LogP contribution in [0.4, 0.5) is 13.2 Å². The molecule has 1 fully saturated rings. The molecule has 5 heteroatoms. The van der Waals surface area contributed by atoms with E-state index in [1.165, 1.54) is 0 Å². The lowest BCUT2D eigenvalue weighted by Crippen LogP contribution is -2.45. The van der Waals surface area contributed by atoms with Gasteiger partial charge in [-0.05, 0) is 44.4 Å². The highest BCUT2D eigenvalue weighted by atomic mass is 19.4. The van der Waals surface area contributed by atoms with Crippen LogP contribution in [0, 0.1) is 0 Å². The number of hydrogen-bond acceptors (Lipinski definition) is 2. The predicted molar refractivity (Wildman–Crippen MR) is 67.2 cm³/mol. The maximum absolute atomic E-state index is 12.9. The van der Waals surface area contributed by atoms with Gasteiger partial charge in [0.1, 0.15) is 11.3 Å². The van der Waals surface area contributed by atoms with Crippen LogP contribution >= 0.6 is 0 Å². The normalized spacial score (nSPS) is 19.0. The first kappa shape index (κ1) is 14.2. The summed E-state index contributed by atoms with van der Waals surface area (Å²) in [5, 5.41) is 2.71. The Balaban J connectivity index is 2.02. The van der Waals surface area contributed by atoms with Crippen molar-refractivity contribution in [3.8, 4) is 5.75 Å². The minimum Gasteiger partial charge on any atom is -0.494 e. The Labute approximate surface area is 111 Å². The first-order valence-electron chi connectivity index (χ1n) is 6.45. The van der Waals surface area contributed by atoms with Crippen molar-refractivity contribution in [2.45, 2.75) is 44.4 Å². The number of ether oxygens (including phenoxy) is 1. The zero-order valence-electron chi connectivity index (χ0n) is 11.1. The van der Waals surface area contributed by atoms with E-state index in [1.54, 1.807) is 31.2 Å². The third kappa shape index (κ3) is 3.03.